The summed E-state index contributed by atoms with van der Waals surface area (Å²) in [6.07, 6.45) is 0.785. The number of carboxylic acid groups (broad SMARTS) is 1. The topological polar surface area (TPSA) is 634 Å². The fourth-order valence-corrected chi connectivity index (χ4v) is 19.2. The van der Waals surface area contributed by atoms with E-state index in [0.717, 1.165) is 34.8 Å². The molecule has 5 heterocycles. The van der Waals surface area contributed by atoms with Crippen LogP contribution in [0.25, 0.3) is 36.3 Å². The minimum Gasteiger partial charge on any atom is -0.505 e. The van der Waals surface area contributed by atoms with Gasteiger partial charge < -0.3 is 36.0 Å². The number of phenolic OH excluding ortho intramolecular Hbond substituents is 1. The fourth-order valence-electron chi connectivity index (χ4n) is 13.4. The Morgan fingerprint density at radius 3 is 1.70 bits per heavy atom. The highest BCUT2D eigenvalue weighted by atomic mass is 32.2. The maximum Gasteiger partial charge on any atom is 0.425 e. The Morgan fingerprint density at radius 2 is 1.14 bits per heavy atom. The second-order valence-electron chi connectivity index (χ2n) is 28.1. The SMILES string of the molecule is CCc1cc(C)c(S(=O)(=O)O)c(CC)c1Nc1nc(N(c2nc3ccc(S(=O)(=O)O)cc3s2)c2c(CC)cc(C)c(S(=O)(=O)O)c2CC)cc(C)c1N=Nc1c(C#N)c(C(C)(C)C)nn1-c1nc2ccc(S(=O)(=O)O)cc2s1.O=COc1ccccc1Nc1nc(O)nc(Nc2cc(S(=O)(=O)O)cc3ccc(NNc4ccccc4C(=O)O)c(O)c23)n1.O=S(=O)=O. The number of phenols is 1. The van der Waals surface area contributed by atoms with Gasteiger partial charge in [-0.05, 0) is 176 Å². The van der Waals surface area contributed by atoms with Crippen molar-refractivity contribution >= 4 is 202 Å². The number of pyridine rings is 1. The second kappa shape index (κ2) is 36.9. The molecule has 0 radical (unpaired) electrons. The summed E-state index contributed by atoms with van der Waals surface area (Å²) in [5, 5.41) is 65.2. The first-order chi connectivity index (χ1) is 59.1. The standard InChI is InChI=1S/C50H52N10O12S6.C27H21N7O9S.O3S/c1-11-28-19-26(6)43(77(67,68)69)32(13-3)41(28)55-46-40(56-57-47-34(24-51)45(50(8,9)10)58-60(47)49-53-36-18-16-31(76(64,65)66)23-38(36)74-49)25(5)21-39(54-46)59(48-52-35-17-15-30(75(61,62)63)22-37(35)73-48)42-29(12-2)20-27(7)44(33(42)14-4)78(70,71)72;35-13-43-21-8-4-3-7-18(21)28-25-30-26(32-27(39)31-25)29-20-12-15(44(40,41)42)11-14-9-10-19(23(36)22(14)20)34-33-17-6-2-1-5-16(17)24(37)38;1-4(2)3/h15-23H,11-14H2,1-10H3,(H,54,55)(H,61,62,63)(H,64,65,66)(H,67,68,69)(H,70,71,72);1-13,33-34,36H,(H,37,38)(H,40,41,42)(H3,28,29,30,31,32,39);. The van der Waals surface area contributed by atoms with E-state index in [1.807, 2.05) is 34.6 Å². The molecule has 0 spiro atoms. The van der Waals surface area contributed by atoms with Gasteiger partial charge in [0, 0.05) is 16.5 Å². The highest BCUT2D eigenvalue weighted by Gasteiger charge is 2.35. The van der Waals surface area contributed by atoms with Crippen molar-refractivity contribution in [2.45, 2.75) is 125 Å². The number of ether oxygens (including phenoxy) is 1. The predicted molar refractivity (Wildman–Crippen MR) is 464 cm³/mol. The van der Waals surface area contributed by atoms with Crippen molar-refractivity contribution in [3.63, 3.8) is 0 Å². The zero-order valence-electron chi connectivity index (χ0n) is 67.3. The Kier molecular flexibility index (Phi) is 27.4. The number of para-hydroxylation sites is 3. The zero-order valence-corrected chi connectivity index (χ0v) is 73.8. The van der Waals surface area contributed by atoms with Gasteiger partial charge in [-0.1, -0.05) is 114 Å². The number of azo groups is 1. The average molecular weight is 1880 g/mol. The molecule has 13 rings (SSSR count). The Labute approximate surface area is 727 Å². The summed E-state index contributed by atoms with van der Waals surface area (Å²) in [6, 6.07) is 31.2. The molecule has 0 aliphatic carbocycles. The number of carbonyl (C=O) groups excluding carboxylic acids is 1. The Hall–Kier alpha value is -13.2. The minimum absolute atomic E-state index is 0.00566. The third-order valence-electron chi connectivity index (χ3n) is 18.7. The lowest BCUT2D eigenvalue weighted by Crippen LogP contribution is -2.19. The summed E-state index contributed by atoms with van der Waals surface area (Å²) in [5.41, 5.74) is 8.92. The third-order valence-corrected chi connectivity index (χ3v) is 25.4. The minimum atomic E-state index is -4.89. The highest BCUT2D eigenvalue weighted by molar-refractivity contribution is 7.87. The van der Waals surface area contributed by atoms with Gasteiger partial charge >= 0.3 is 22.6 Å². The number of hydrazine groups is 1. The van der Waals surface area contributed by atoms with Crippen LogP contribution in [0.4, 0.5) is 74.3 Å². The van der Waals surface area contributed by atoms with Gasteiger partial charge in [-0.2, -0.15) is 72.1 Å². The van der Waals surface area contributed by atoms with Crippen molar-refractivity contribution < 1.29 is 107 Å². The summed E-state index contributed by atoms with van der Waals surface area (Å²) in [4.78, 5) is 48.4. The first-order valence-electron chi connectivity index (χ1n) is 36.7. The largest absolute Gasteiger partial charge is 0.505 e. The quantitative estimate of drug-likeness (QED) is 0.00747. The van der Waals surface area contributed by atoms with Crippen molar-refractivity contribution in [1.82, 2.24) is 39.7 Å². The molecule has 0 saturated heterocycles. The van der Waals surface area contributed by atoms with E-state index in [1.165, 1.54) is 71.4 Å². The van der Waals surface area contributed by atoms with Crippen LogP contribution in [0.1, 0.15) is 109 Å². The van der Waals surface area contributed by atoms with E-state index in [2.05, 4.69) is 57.9 Å². The molecule has 0 saturated carbocycles. The van der Waals surface area contributed by atoms with Gasteiger partial charge in [-0.15, -0.1) is 22.9 Å². The van der Waals surface area contributed by atoms with Crippen LogP contribution in [-0.2, 0) is 97.1 Å². The van der Waals surface area contributed by atoms with E-state index in [1.54, 1.807) is 88.0 Å². The lowest BCUT2D eigenvalue weighted by atomic mass is 9.90. The van der Waals surface area contributed by atoms with Crippen molar-refractivity contribution in [2.75, 3.05) is 31.7 Å². The molecule has 41 nitrogen and oxygen atoms in total. The molecule has 658 valence electrons. The number of benzene rings is 8. The van der Waals surface area contributed by atoms with Crippen LogP contribution >= 0.6 is 22.7 Å². The lowest BCUT2D eigenvalue weighted by Gasteiger charge is -2.29. The van der Waals surface area contributed by atoms with Crippen molar-refractivity contribution in [2.24, 2.45) is 10.2 Å². The van der Waals surface area contributed by atoms with Crippen molar-refractivity contribution in [3.05, 3.63) is 183 Å². The number of aromatic carboxylic acids is 1. The molecular weight excluding hydrogens is 1800 g/mol. The molecule has 126 heavy (non-hydrogen) atoms. The third kappa shape index (κ3) is 20.6. The van der Waals surface area contributed by atoms with Gasteiger partial charge in [0.1, 0.15) is 38.7 Å². The van der Waals surface area contributed by atoms with E-state index < -0.39 is 94.1 Å². The summed E-state index contributed by atoms with van der Waals surface area (Å²) < 4.78 is 209. The maximum atomic E-state index is 13.3. The molecule has 0 aliphatic heterocycles. The molecule has 0 fully saturated rings. The van der Waals surface area contributed by atoms with E-state index >= 15 is 0 Å². The highest BCUT2D eigenvalue weighted by Crippen LogP contribution is 2.49. The normalized spacial score (nSPS) is 12.0. The van der Waals surface area contributed by atoms with Crippen molar-refractivity contribution in [3.8, 4) is 28.7 Å². The fraction of sp³-hybridized carbons (Fsp3) is 0.195. The van der Waals surface area contributed by atoms with E-state index in [9.17, 15) is 95.0 Å². The molecule has 0 unspecified atom stereocenters. The van der Waals surface area contributed by atoms with Crippen LogP contribution in [0, 0.1) is 32.1 Å². The van der Waals surface area contributed by atoms with Crippen LogP contribution in [0.3, 0.4) is 0 Å². The van der Waals surface area contributed by atoms with Gasteiger partial charge in [0.25, 0.3) is 57.1 Å². The van der Waals surface area contributed by atoms with Crippen molar-refractivity contribution in [1.29, 1.82) is 5.26 Å². The summed E-state index contributed by atoms with van der Waals surface area (Å²) in [7, 11) is -26.8. The van der Waals surface area contributed by atoms with E-state index in [-0.39, 0.29) is 169 Å². The molecule has 0 atom stereocenters. The second-order valence-corrected chi connectivity index (χ2v) is 37.5. The van der Waals surface area contributed by atoms with Gasteiger partial charge in [0.2, 0.25) is 17.0 Å². The number of nitrogens with one attached hydrogen (secondary N) is 5. The molecule has 0 bridgehead atoms. The van der Waals surface area contributed by atoms with E-state index in [0.29, 0.717) is 50.1 Å². The Balaban J connectivity index is 0.000000270. The number of aromatic hydroxyl groups is 2. The smallest absolute Gasteiger partial charge is 0.425 e. The summed E-state index contributed by atoms with van der Waals surface area (Å²) in [6.45, 7) is 17.6. The van der Waals surface area contributed by atoms with Gasteiger partial charge in [0.15, 0.2) is 22.5 Å². The monoisotopic (exact) mass is 1880 g/mol. The molecule has 5 aromatic heterocycles. The number of rotatable bonds is 27. The summed E-state index contributed by atoms with van der Waals surface area (Å²) in [5.74, 6) is -2.12. The molecule has 13 aromatic rings. The Bertz CT molecular complexity index is 7420. The zero-order chi connectivity index (χ0) is 92.4. The number of aryl methyl sites for hydroxylation is 5. The number of hydrogen-bond acceptors (Lipinski definition) is 36. The van der Waals surface area contributed by atoms with Crippen LogP contribution in [0.2, 0.25) is 0 Å². The van der Waals surface area contributed by atoms with Crippen LogP contribution in [-0.4, -0.2) is 145 Å². The number of anilines is 11. The van der Waals surface area contributed by atoms with Crippen LogP contribution in [0.5, 0.6) is 17.5 Å². The molecule has 0 aliphatic rings. The van der Waals surface area contributed by atoms with Crippen LogP contribution in [0.15, 0.2) is 162 Å². The predicted octanol–water partition coefficient (Wildman–Crippen LogP) is 14.3. The number of hydrogen-bond donors (Lipinski definition) is 13. The molecule has 49 heteroatoms. The number of fused-ring (bicyclic) bond motifs is 3. The number of aromatic nitrogens is 8. The van der Waals surface area contributed by atoms with Gasteiger partial charge in [-0.3, -0.25) is 43.3 Å². The molecule has 13 N–H and O–H groups in total. The number of carbonyl (C=O) groups is 2. The first kappa shape index (κ1) is 93.5. The van der Waals surface area contributed by atoms with E-state index in [4.69, 9.17) is 37.5 Å². The van der Waals surface area contributed by atoms with Gasteiger partial charge in [-0.25, -0.2) is 19.7 Å². The number of nitrogens with zero attached hydrogens (tertiary/aromatic N) is 12. The number of carboxylic acids is 1. The summed E-state index contributed by atoms with van der Waals surface area (Å²) >= 11 is 1.98. The lowest BCUT2D eigenvalue weighted by molar-refractivity contribution is -0.120. The van der Waals surface area contributed by atoms with Gasteiger partial charge in [0.05, 0.1) is 74.8 Å². The average Bonchev–Trinajstić information content (AvgIpc) is 1.36. The molecule has 8 aromatic carbocycles. The number of thiazole rings is 2. The molecular formula is C77H73N17O24S8. The van der Waals surface area contributed by atoms with Crippen LogP contribution < -0.4 is 36.4 Å². The first-order valence-corrected chi connectivity index (χ1v) is 46.6. The Morgan fingerprint density at radius 1 is 0.595 bits per heavy atom. The maximum absolute atomic E-state index is 13.3. The number of nitriles is 1. The molecule has 0 amide bonds.